The number of fused-ring (bicyclic) bond motifs is 3. The number of para-hydroxylation sites is 2. The van der Waals surface area contributed by atoms with Gasteiger partial charge >= 0.3 is 0 Å². The molecular weight excluding hydrogens is 557 g/mol. The second kappa shape index (κ2) is 26.3. The van der Waals surface area contributed by atoms with Gasteiger partial charge in [-0.15, -0.1) is 0 Å². The van der Waals surface area contributed by atoms with Gasteiger partial charge in [-0.05, 0) is 72.4 Å². The van der Waals surface area contributed by atoms with E-state index in [4.69, 9.17) is 27.7 Å². The van der Waals surface area contributed by atoms with Crippen LogP contribution in [0.3, 0.4) is 0 Å². The lowest BCUT2D eigenvalue weighted by Gasteiger charge is -2.02. The van der Waals surface area contributed by atoms with E-state index in [-0.39, 0.29) is 7.43 Å². The number of hydrogen-bond acceptors (Lipinski definition) is 4. The van der Waals surface area contributed by atoms with Crippen molar-refractivity contribution in [2.45, 2.75) is 91.9 Å². The maximum Gasteiger partial charge on any atom is 0.142 e. The molecule has 242 valence electrons. The molecule has 6 radical (unpaired) electrons. The van der Waals surface area contributed by atoms with Gasteiger partial charge in [0, 0.05) is 20.9 Å². The Hall–Kier alpha value is -3.99. The molecule has 46 heavy (non-hydrogen) atoms. The minimum atomic E-state index is 0. The summed E-state index contributed by atoms with van der Waals surface area (Å²) in [5.41, 5.74) is 5.77. The minimum absolute atomic E-state index is 0. The van der Waals surface area contributed by atoms with Gasteiger partial charge in [-0.2, -0.15) is 0 Å². The van der Waals surface area contributed by atoms with Crippen molar-refractivity contribution in [1.29, 1.82) is 0 Å². The van der Waals surface area contributed by atoms with Crippen LogP contribution in [-0.4, -0.2) is 43.5 Å². The van der Waals surface area contributed by atoms with E-state index in [9.17, 15) is 0 Å². The van der Waals surface area contributed by atoms with Crippen LogP contribution < -0.4 is 16.6 Å². The van der Waals surface area contributed by atoms with Crippen LogP contribution in [0.25, 0.3) is 32.6 Å². The summed E-state index contributed by atoms with van der Waals surface area (Å²) in [6.07, 6.45) is 0. The third kappa shape index (κ3) is 14.4. The Morgan fingerprint density at radius 2 is 0.891 bits per heavy atom. The molecule has 3 heterocycles. The van der Waals surface area contributed by atoms with Gasteiger partial charge in [0.25, 0.3) is 0 Å². The lowest BCUT2D eigenvalue weighted by atomic mass is 9.92. The van der Waals surface area contributed by atoms with Crippen LogP contribution in [0.5, 0.6) is 0 Å². The summed E-state index contributed by atoms with van der Waals surface area (Å²) in [4.78, 5) is 16.8. The van der Waals surface area contributed by atoms with E-state index in [1.807, 2.05) is 147 Å². The van der Waals surface area contributed by atoms with Gasteiger partial charge in [-0.1, -0.05) is 137 Å². The van der Waals surface area contributed by atoms with Crippen LogP contribution in [0.2, 0.25) is 0 Å². The molecule has 0 N–H and O–H groups in total. The first-order chi connectivity index (χ1) is 23.3. The fourth-order valence-corrected chi connectivity index (χ4v) is 3.93. The van der Waals surface area contributed by atoms with Crippen LogP contribution in [-0.2, 0) is 0 Å². The lowest BCUT2D eigenvalue weighted by molar-refractivity contribution is 1.11. The van der Waals surface area contributed by atoms with Crippen molar-refractivity contribution in [2.75, 3.05) is 0 Å². The van der Waals surface area contributed by atoms with E-state index >= 15 is 0 Å². The average molecular weight is 617 g/mol. The molecule has 7 heteroatoms. The number of hydrogen-bond donors (Lipinski definition) is 0. The number of rotatable bonds is 0. The molecule has 6 rings (SSSR count). The second-order valence-corrected chi connectivity index (χ2v) is 8.41. The van der Waals surface area contributed by atoms with E-state index in [2.05, 4.69) is 19.9 Å². The van der Waals surface area contributed by atoms with E-state index in [1.165, 1.54) is 22.2 Å². The Morgan fingerprint density at radius 1 is 0.478 bits per heavy atom. The van der Waals surface area contributed by atoms with Crippen molar-refractivity contribution in [2.24, 2.45) is 0 Å². The van der Waals surface area contributed by atoms with E-state index < -0.39 is 0 Å². The first-order valence-corrected chi connectivity index (χ1v) is 14.5. The fourth-order valence-electron chi connectivity index (χ4n) is 3.93. The SMILES string of the molecule is C.CC.CC.CC.[2H]C.[2H]C.[2H]C.[B]c1cc(C)nc2ccccc12.[B]c1nc(C)cc2ccccc12.[B]c1nc(C)nc2ccccc12. The molecule has 0 atom stereocenters. The quantitative estimate of drug-likeness (QED) is 0.160. The summed E-state index contributed by atoms with van der Waals surface area (Å²) in [5, 5.41) is 4.14. The van der Waals surface area contributed by atoms with Gasteiger partial charge in [0.1, 0.15) is 29.4 Å². The summed E-state index contributed by atoms with van der Waals surface area (Å²) in [7, 11) is 21.0. The van der Waals surface area contributed by atoms with E-state index in [1.54, 1.807) is 0 Å². The topological polar surface area (TPSA) is 51.6 Å². The van der Waals surface area contributed by atoms with Crippen LogP contribution in [0, 0.1) is 20.8 Å². The smallest absolute Gasteiger partial charge is 0.142 e. The molecule has 4 nitrogen and oxygen atoms in total. The monoisotopic (exact) mass is 618 g/mol. The largest absolute Gasteiger partial charge is 0.269 e. The Balaban J connectivity index is -0.000000266. The van der Waals surface area contributed by atoms with Crippen molar-refractivity contribution in [3.63, 3.8) is 0 Å². The molecule has 0 bridgehead atoms. The summed E-state index contributed by atoms with van der Waals surface area (Å²) in [5.74, 6) is 0.714. The van der Waals surface area contributed by atoms with Crippen LogP contribution >= 0.6 is 0 Å². The minimum Gasteiger partial charge on any atom is -0.269 e. The maximum atomic E-state index is 5.82. The molecule has 0 saturated heterocycles. The zero-order chi connectivity index (χ0) is 37.7. The Morgan fingerprint density at radius 3 is 1.46 bits per heavy atom. The van der Waals surface area contributed by atoms with Gasteiger partial charge in [-0.3, -0.25) is 9.97 Å². The Labute approximate surface area is 290 Å². The van der Waals surface area contributed by atoms with Crippen molar-refractivity contribution in [1.82, 2.24) is 19.9 Å². The second-order valence-electron chi connectivity index (χ2n) is 8.41. The number of benzene rings is 3. The molecule has 0 aliphatic heterocycles. The molecule has 0 unspecified atom stereocenters. The number of nitrogens with zero attached hydrogens (tertiary/aromatic N) is 4. The highest BCUT2D eigenvalue weighted by Crippen LogP contribution is 2.11. The summed E-state index contributed by atoms with van der Waals surface area (Å²) >= 11 is 0. The molecule has 0 amide bonds. The predicted octanol–water partition coefficient (Wildman–Crippen LogP) is 9.03. The van der Waals surface area contributed by atoms with Crippen molar-refractivity contribution in [3.8, 4) is 0 Å². The highest BCUT2D eigenvalue weighted by atomic mass is 14.9. The van der Waals surface area contributed by atoms with Gasteiger partial charge in [-0.25, -0.2) is 9.97 Å². The van der Waals surface area contributed by atoms with E-state index in [0.717, 1.165) is 49.4 Å². The standard InChI is InChI=1S/2C10H8BN.C9H7BN2.3C2H6.4CH4/c1-7-6-9(11)8-4-2-3-5-10(8)12-7;1-7-6-8-4-2-3-5-9(8)10(11)12-7;1-6-11-8-5-3-2-4-7(8)9(10)12-6;3*1-2;;;;/h2*2-6H,1H3;2-5H,1H3;3*1-2H3;4*1H4/i;;;;;;3*1D;. The molecule has 0 aliphatic carbocycles. The number of aryl methyl sites for hydroxylation is 3. The van der Waals surface area contributed by atoms with Crippen molar-refractivity contribution >= 4 is 72.8 Å². The number of aromatic nitrogens is 4. The highest BCUT2D eigenvalue weighted by Gasteiger charge is 1.99. The molecule has 0 fully saturated rings. The summed E-state index contributed by atoms with van der Waals surface area (Å²) in [6.45, 7) is 17.7. The van der Waals surface area contributed by atoms with Crippen molar-refractivity contribution in [3.05, 3.63) is 102 Å². The van der Waals surface area contributed by atoms with Gasteiger partial charge in [0.2, 0.25) is 0 Å². The normalized spacial score (nSPS) is 9.00. The predicted molar refractivity (Wildman–Crippen MR) is 214 cm³/mol. The fraction of sp³-hybridized carbons (Fsp3) is 0.333. The van der Waals surface area contributed by atoms with Crippen LogP contribution in [0.4, 0.5) is 0 Å². The third-order valence-electron chi connectivity index (χ3n) is 5.52. The zero-order valence-corrected chi connectivity index (χ0v) is 29.6. The molecule has 3 aromatic carbocycles. The van der Waals surface area contributed by atoms with Crippen LogP contribution in [0.15, 0.2) is 84.9 Å². The zero-order valence-electron chi connectivity index (χ0n) is 32.6. The van der Waals surface area contributed by atoms with Gasteiger partial charge < -0.3 is 0 Å². The van der Waals surface area contributed by atoms with Crippen LogP contribution in [0.1, 0.15) is 92.5 Å². The Bertz CT molecular complexity index is 1490. The molecule has 0 saturated carbocycles. The lowest BCUT2D eigenvalue weighted by Crippen LogP contribution is -2.12. The molecule has 0 aliphatic rings. The Kier molecular flexibility index (Phi) is 24.0. The first kappa shape index (κ1) is 42.0. The highest BCUT2D eigenvalue weighted by molar-refractivity contribution is 6.38. The van der Waals surface area contributed by atoms with Crippen molar-refractivity contribution < 1.29 is 4.11 Å². The third-order valence-corrected chi connectivity index (χ3v) is 5.52. The first-order valence-electron chi connectivity index (χ1n) is 17.5. The van der Waals surface area contributed by atoms with E-state index in [0.29, 0.717) is 17.0 Å². The average Bonchev–Trinajstić information content (AvgIpc) is 3.14. The molecule has 3 aromatic heterocycles. The number of pyridine rings is 2. The molecule has 0 spiro atoms. The molecule has 6 aromatic rings. The summed E-state index contributed by atoms with van der Waals surface area (Å²) < 4.78 is 17.2. The molecular formula is C39H57B3N4. The van der Waals surface area contributed by atoms with Gasteiger partial charge in [0.05, 0.1) is 11.0 Å². The maximum absolute atomic E-state index is 5.82. The summed E-state index contributed by atoms with van der Waals surface area (Å²) in [6, 6.07) is 27.5. The van der Waals surface area contributed by atoms with Gasteiger partial charge in [0.15, 0.2) is 0 Å².